The van der Waals surface area contributed by atoms with Crippen LogP contribution in [0.1, 0.15) is 1.43 Å². The summed E-state index contributed by atoms with van der Waals surface area (Å²) in [4.78, 5) is 0. The molecule has 0 fully saturated rings. The molecule has 0 aliphatic rings. The Kier molecular flexibility index (Phi) is 17.0. The van der Waals surface area contributed by atoms with Crippen molar-refractivity contribution in [2.75, 3.05) is 0 Å². The second-order valence-corrected chi connectivity index (χ2v) is 0.396. The second-order valence-electron chi connectivity index (χ2n) is 0.132. The molecule has 5 heteroatoms. The topological polar surface area (TPSA) is 52.5 Å². The standard InChI is InChI=1S/ClHO3.Na.H/c2-1-4-3;;/h3H;;/q;+1;-1. The summed E-state index contributed by atoms with van der Waals surface area (Å²) < 4.78 is 11.5. The minimum Gasteiger partial charge on any atom is -1.00 e. The van der Waals surface area contributed by atoms with Crippen molar-refractivity contribution < 1.29 is 56.7 Å². The molecule has 0 heterocycles. The van der Waals surface area contributed by atoms with Crippen LogP contribution in [0.4, 0.5) is 0 Å². The number of hydrogen-bond acceptors (Lipinski definition) is 3. The van der Waals surface area contributed by atoms with Gasteiger partial charge >= 0.3 is 40.9 Å². The van der Waals surface area contributed by atoms with Crippen LogP contribution in [0.2, 0.25) is 0 Å². The van der Waals surface area contributed by atoms with E-state index in [-0.39, 0.29) is 42.3 Å². The fraction of sp³-hybridized carbons (Fsp3) is 0. The largest absolute Gasteiger partial charge is 1.00 e. The van der Waals surface area contributed by atoms with Gasteiger partial charge in [0.2, 0.25) is 0 Å². The molecule has 0 atom stereocenters. The van der Waals surface area contributed by atoms with Crippen molar-refractivity contribution in [3.05, 3.63) is 0 Å². The van der Waals surface area contributed by atoms with Crippen molar-refractivity contribution >= 4 is 0 Å². The summed E-state index contributed by atoms with van der Waals surface area (Å²) in [6, 6.07) is 0. The Morgan fingerprint density at radius 3 is 2.20 bits per heavy atom. The molecule has 0 aromatic heterocycles. The van der Waals surface area contributed by atoms with E-state index in [1.54, 1.807) is 0 Å². The van der Waals surface area contributed by atoms with Gasteiger partial charge in [0, 0.05) is 0 Å². The zero-order valence-electron chi connectivity index (χ0n) is 3.64. The molecule has 0 aromatic carbocycles. The summed E-state index contributed by atoms with van der Waals surface area (Å²) in [5.41, 5.74) is 0. The van der Waals surface area contributed by atoms with Crippen molar-refractivity contribution in [3.63, 3.8) is 0 Å². The van der Waals surface area contributed by atoms with Gasteiger partial charge in [-0.25, -0.2) is 0 Å². The first-order chi connectivity index (χ1) is 1.91. The Bertz CT molecular complexity index is 12.8. The SMILES string of the molecule is [H-].[Na+].[O-][Cl+]OO. The minimum atomic E-state index is 0. The maximum Gasteiger partial charge on any atom is 1.00 e. The molecule has 0 aromatic rings. The third-order valence-electron chi connectivity index (χ3n) is 0.0282. The van der Waals surface area contributed by atoms with Gasteiger partial charge in [-0.1, -0.05) is 0 Å². The van der Waals surface area contributed by atoms with Gasteiger partial charge in [0.1, 0.15) is 0 Å². The third-order valence-corrected chi connectivity index (χ3v) is 0.0845. The molecular formula is H2ClNaO3. The molecule has 0 bridgehead atoms. The van der Waals surface area contributed by atoms with Gasteiger partial charge in [-0.15, -0.1) is 0 Å². The first-order valence-corrected chi connectivity index (χ1v) is 1.11. The van der Waals surface area contributed by atoms with Crippen LogP contribution in [0.5, 0.6) is 0 Å². The number of hydrogen-bond donors (Lipinski definition) is 1. The van der Waals surface area contributed by atoms with Crippen molar-refractivity contribution in [1.29, 1.82) is 0 Å². The zero-order chi connectivity index (χ0) is 3.41. The van der Waals surface area contributed by atoms with E-state index in [1.807, 2.05) is 0 Å². The molecule has 0 aliphatic carbocycles. The summed E-state index contributed by atoms with van der Waals surface area (Å²) >= 11 is 0.0201. The van der Waals surface area contributed by atoms with Crippen LogP contribution in [-0.4, -0.2) is 5.26 Å². The van der Waals surface area contributed by atoms with E-state index < -0.39 is 0 Å². The average molecular weight is 108 g/mol. The Hall–Kier alpha value is 1.17. The van der Waals surface area contributed by atoms with Gasteiger partial charge in [-0.05, 0) is 0 Å². The van der Waals surface area contributed by atoms with Crippen LogP contribution in [0.25, 0.3) is 0 Å². The van der Waals surface area contributed by atoms with E-state index in [0.29, 0.717) is 0 Å². The van der Waals surface area contributed by atoms with Crippen molar-refractivity contribution in [1.82, 2.24) is 0 Å². The third kappa shape index (κ3) is 11.0. The summed E-state index contributed by atoms with van der Waals surface area (Å²) in [6.07, 6.45) is 0. The van der Waals surface area contributed by atoms with Gasteiger partial charge in [0.05, 0.1) is 4.44 Å². The van der Waals surface area contributed by atoms with E-state index >= 15 is 0 Å². The number of halogens is 1. The summed E-state index contributed by atoms with van der Waals surface area (Å²) in [6.45, 7) is 0. The molecule has 0 amide bonds. The van der Waals surface area contributed by atoms with Gasteiger partial charge in [0.15, 0.2) is 0 Å². The summed E-state index contributed by atoms with van der Waals surface area (Å²) in [5, 5.41) is 7.00. The molecule has 28 valence electrons. The quantitative estimate of drug-likeness (QED) is 0.211. The van der Waals surface area contributed by atoms with Crippen molar-refractivity contribution in [2.24, 2.45) is 0 Å². The monoisotopic (exact) mass is 108 g/mol. The van der Waals surface area contributed by atoms with E-state index in [1.165, 1.54) is 0 Å². The fourth-order valence-electron chi connectivity index (χ4n) is 0. The van der Waals surface area contributed by atoms with Crippen LogP contribution in [-0.2, 0) is 4.44 Å². The van der Waals surface area contributed by atoms with Crippen molar-refractivity contribution in [2.45, 2.75) is 0 Å². The van der Waals surface area contributed by atoms with Crippen molar-refractivity contribution in [3.8, 4) is 0 Å². The average Bonchev–Trinajstić information content (AvgIpc) is 1.37. The van der Waals surface area contributed by atoms with Gasteiger partial charge in [-0.2, -0.15) is 5.26 Å². The summed E-state index contributed by atoms with van der Waals surface area (Å²) in [7, 11) is 0. The Labute approximate surface area is 56.7 Å². The predicted octanol–water partition coefficient (Wildman–Crippen LogP) is -4.13. The molecule has 0 saturated heterocycles. The molecule has 0 spiro atoms. The van der Waals surface area contributed by atoms with Crippen LogP contribution in [0.15, 0.2) is 0 Å². The normalized spacial score (nSPS) is 6.00. The molecule has 0 unspecified atom stereocenters. The molecular weight excluding hydrogens is 106 g/mol. The molecule has 0 aliphatic heterocycles. The molecule has 0 saturated carbocycles. The van der Waals surface area contributed by atoms with Gasteiger partial charge < -0.3 is 6.09 Å². The van der Waals surface area contributed by atoms with Crippen LogP contribution >= 0.6 is 0 Å². The smallest absolute Gasteiger partial charge is 1.00 e. The van der Waals surface area contributed by atoms with E-state index in [9.17, 15) is 0 Å². The van der Waals surface area contributed by atoms with E-state index in [4.69, 9.17) is 9.92 Å². The Morgan fingerprint density at radius 1 is 2.00 bits per heavy atom. The first kappa shape index (κ1) is 9.48. The summed E-state index contributed by atoms with van der Waals surface area (Å²) in [5.74, 6) is 0. The molecule has 1 N–H and O–H groups in total. The molecule has 0 radical (unpaired) electrons. The Morgan fingerprint density at radius 2 is 2.20 bits per heavy atom. The molecule has 3 nitrogen and oxygen atoms in total. The molecule has 0 rings (SSSR count). The first-order valence-electron chi connectivity index (χ1n) is 0.491. The van der Waals surface area contributed by atoms with Crippen LogP contribution < -0.4 is 34.2 Å². The molecule has 5 heavy (non-hydrogen) atoms. The maximum absolute atomic E-state index is 8.69. The van der Waals surface area contributed by atoms with E-state index in [2.05, 4.69) is 4.44 Å². The van der Waals surface area contributed by atoms with Crippen LogP contribution in [0, 0.1) is 11.3 Å². The van der Waals surface area contributed by atoms with E-state index in [0.717, 1.165) is 0 Å². The second kappa shape index (κ2) is 8.95. The maximum atomic E-state index is 8.69. The fourth-order valence-corrected chi connectivity index (χ4v) is 0. The van der Waals surface area contributed by atoms with Gasteiger partial charge in [0.25, 0.3) is 0 Å². The van der Waals surface area contributed by atoms with Gasteiger partial charge in [-0.3, -0.25) is 0 Å². The minimum absolute atomic E-state index is 0. The number of rotatable bonds is 1. The van der Waals surface area contributed by atoms with Crippen LogP contribution in [0.3, 0.4) is 0 Å². The predicted molar refractivity (Wildman–Crippen MR) is 4.83 cm³/mol. The Balaban J connectivity index is -0.0000000450. The zero-order valence-corrected chi connectivity index (χ0v) is 5.40.